The Bertz CT molecular complexity index is 1610. The van der Waals surface area contributed by atoms with Gasteiger partial charge in [0.05, 0.1) is 17.9 Å². The number of anilines is 3. The van der Waals surface area contributed by atoms with Crippen molar-refractivity contribution in [3.8, 4) is 12.1 Å². The maximum Gasteiger partial charge on any atom is 0.247 e. The zero-order chi connectivity index (χ0) is 27.8. The summed E-state index contributed by atoms with van der Waals surface area (Å²) in [5.74, 6) is 0.862. The van der Waals surface area contributed by atoms with Crippen molar-refractivity contribution in [3.05, 3.63) is 41.9 Å². The molecule has 40 heavy (non-hydrogen) atoms. The van der Waals surface area contributed by atoms with E-state index in [0.717, 1.165) is 62.2 Å². The number of rotatable bonds is 8. The van der Waals surface area contributed by atoms with Gasteiger partial charge in [-0.2, -0.15) is 20.0 Å². The first-order chi connectivity index (χ1) is 19.5. The number of benzene rings is 1. The van der Waals surface area contributed by atoms with Gasteiger partial charge in [-0.1, -0.05) is 0 Å². The van der Waals surface area contributed by atoms with Gasteiger partial charge >= 0.3 is 0 Å². The highest BCUT2D eigenvalue weighted by atomic mass is 16.3. The van der Waals surface area contributed by atoms with Crippen LogP contribution in [-0.4, -0.2) is 90.5 Å². The van der Waals surface area contributed by atoms with E-state index in [1.54, 1.807) is 0 Å². The first kappa shape index (κ1) is 26.0. The second kappa shape index (κ2) is 10.7. The van der Waals surface area contributed by atoms with Crippen LogP contribution >= 0.6 is 0 Å². The van der Waals surface area contributed by atoms with Crippen LogP contribution in [0.15, 0.2) is 30.6 Å². The molecule has 0 aliphatic carbocycles. The molecule has 0 unspecified atom stereocenters. The van der Waals surface area contributed by atoms with Gasteiger partial charge in [0.25, 0.3) is 0 Å². The molecule has 2 saturated heterocycles. The standard InChI is InChI=1S/C28H33N11O/c1-3-31-26-27-32-13-22(12-30)39(27)35-28(34-26)33-20-4-5-25-24(10-20)19(11-29)15-38(25)21-6-8-37(9-7-21)23-16-36(17-23)14-18(2)40/h4-5,10,13,15,18,21,23,40H,3,6-9,14,16-17H2,1-2H3,(H2,31,33,34,35)/t18-/m1/s1. The topological polar surface area (TPSA) is 146 Å². The fourth-order valence-corrected chi connectivity index (χ4v) is 5.98. The summed E-state index contributed by atoms with van der Waals surface area (Å²) in [4.78, 5) is 13.7. The number of imidazole rings is 1. The molecule has 206 valence electrons. The number of aromatic nitrogens is 5. The van der Waals surface area contributed by atoms with Crippen LogP contribution in [0.25, 0.3) is 16.6 Å². The molecule has 0 bridgehead atoms. The minimum absolute atomic E-state index is 0.279. The molecule has 12 nitrogen and oxygen atoms in total. The van der Waals surface area contributed by atoms with Gasteiger partial charge in [-0.15, -0.1) is 5.10 Å². The van der Waals surface area contributed by atoms with E-state index in [0.29, 0.717) is 47.3 Å². The largest absolute Gasteiger partial charge is 0.392 e. The summed E-state index contributed by atoms with van der Waals surface area (Å²) >= 11 is 0. The highest BCUT2D eigenvalue weighted by Crippen LogP contribution is 2.33. The van der Waals surface area contributed by atoms with E-state index in [9.17, 15) is 15.6 Å². The molecule has 0 spiro atoms. The van der Waals surface area contributed by atoms with Gasteiger partial charge in [0.15, 0.2) is 17.2 Å². The number of nitrogens with zero attached hydrogens (tertiary/aromatic N) is 9. The number of β-amino-alcohol motifs (C(OH)–C–C–N with tert-alkyl or cyclic N) is 1. The summed E-state index contributed by atoms with van der Waals surface area (Å²) in [5.41, 5.74) is 3.24. The summed E-state index contributed by atoms with van der Waals surface area (Å²) < 4.78 is 3.75. The summed E-state index contributed by atoms with van der Waals surface area (Å²) in [6.07, 6.45) is 5.26. The van der Waals surface area contributed by atoms with Gasteiger partial charge in [-0.3, -0.25) is 9.80 Å². The minimum atomic E-state index is -0.279. The van der Waals surface area contributed by atoms with Gasteiger partial charge in [0, 0.05) is 74.1 Å². The monoisotopic (exact) mass is 539 g/mol. The van der Waals surface area contributed by atoms with Crippen LogP contribution in [0.1, 0.15) is 44.0 Å². The smallest absolute Gasteiger partial charge is 0.247 e. The second-order valence-corrected chi connectivity index (χ2v) is 10.7. The number of nitriles is 2. The number of piperidine rings is 1. The van der Waals surface area contributed by atoms with E-state index in [4.69, 9.17) is 0 Å². The zero-order valence-electron chi connectivity index (χ0n) is 22.7. The molecule has 12 heteroatoms. The Kier molecular flexibility index (Phi) is 6.98. The van der Waals surface area contributed by atoms with Crippen LogP contribution in [0.4, 0.5) is 17.5 Å². The van der Waals surface area contributed by atoms with Crippen molar-refractivity contribution in [3.63, 3.8) is 0 Å². The van der Waals surface area contributed by atoms with Crippen LogP contribution in [0.2, 0.25) is 0 Å². The Morgan fingerprint density at radius 1 is 1.15 bits per heavy atom. The molecule has 3 aromatic heterocycles. The number of nitrogens with one attached hydrogen (secondary N) is 2. The van der Waals surface area contributed by atoms with Crippen LogP contribution in [0, 0.1) is 22.7 Å². The third-order valence-corrected chi connectivity index (χ3v) is 7.90. The van der Waals surface area contributed by atoms with Crippen molar-refractivity contribution in [2.45, 2.75) is 44.9 Å². The van der Waals surface area contributed by atoms with E-state index < -0.39 is 0 Å². The molecule has 4 aromatic rings. The van der Waals surface area contributed by atoms with Gasteiger partial charge in [0.1, 0.15) is 12.1 Å². The van der Waals surface area contributed by atoms with Gasteiger partial charge < -0.3 is 20.3 Å². The van der Waals surface area contributed by atoms with E-state index in [1.807, 2.05) is 38.2 Å². The van der Waals surface area contributed by atoms with Crippen LogP contribution in [0.5, 0.6) is 0 Å². The molecule has 2 aliphatic rings. The average molecular weight is 540 g/mol. The van der Waals surface area contributed by atoms with E-state index in [1.165, 1.54) is 10.7 Å². The van der Waals surface area contributed by atoms with Crippen LogP contribution in [-0.2, 0) is 0 Å². The van der Waals surface area contributed by atoms with Crippen molar-refractivity contribution < 1.29 is 5.11 Å². The average Bonchev–Trinajstić information content (AvgIpc) is 3.52. The Morgan fingerprint density at radius 2 is 1.95 bits per heavy atom. The maximum atomic E-state index is 9.93. The van der Waals surface area contributed by atoms with E-state index in [2.05, 4.69) is 52.2 Å². The number of fused-ring (bicyclic) bond motifs is 2. The summed E-state index contributed by atoms with van der Waals surface area (Å²) in [6, 6.07) is 11.4. The first-order valence-corrected chi connectivity index (χ1v) is 13.8. The lowest BCUT2D eigenvalue weighted by Crippen LogP contribution is -2.61. The Hall–Kier alpha value is -4.23. The Balaban J connectivity index is 1.20. The second-order valence-electron chi connectivity index (χ2n) is 10.7. The highest BCUT2D eigenvalue weighted by Gasteiger charge is 2.34. The number of hydrogen-bond donors (Lipinski definition) is 3. The minimum Gasteiger partial charge on any atom is -0.392 e. The van der Waals surface area contributed by atoms with Crippen molar-refractivity contribution in [2.75, 3.05) is 49.9 Å². The summed E-state index contributed by atoms with van der Waals surface area (Å²) in [6.45, 7) is 9.33. The molecule has 1 aromatic carbocycles. The molecule has 2 fully saturated rings. The molecule has 0 radical (unpaired) electrons. The molecular weight excluding hydrogens is 506 g/mol. The van der Waals surface area contributed by atoms with Crippen LogP contribution in [0.3, 0.4) is 0 Å². The predicted molar refractivity (Wildman–Crippen MR) is 151 cm³/mol. The van der Waals surface area contributed by atoms with Crippen molar-refractivity contribution in [2.24, 2.45) is 0 Å². The zero-order valence-corrected chi connectivity index (χ0v) is 22.7. The van der Waals surface area contributed by atoms with Gasteiger partial charge in [-0.25, -0.2) is 4.98 Å². The number of hydrogen-bond acceptors (Lipinski definition) is 10. The lowest BCUT2D eigenvalue weighted by atomic mass is 9.99. The molecule has 1 atom stereocenters. The quantitative estimate of drug-likeness (QED) is 0.305. The molecule has 2 aliphatic heterocycles. The fraction of sp³-hybridized carbons (Fsp3) is 0.464. The Morgan fingerprint density at radius 3 is 2.65 bits per heavy atom. The van der Waals surface area contributed by atoms with Crippen molar-refractivity contribution in [1.29, 1.82) is 10.5 Å². The molecular formula is C28H33N11O. The van der Waals surface area contributed by atoms with E-state index >= 15 is 0 Å². The molecule has 6 rings (SSSR count). The normalized spacial score (nSPS) is 17.9. The summed E-state index contributed by atoms with van der Waals surface area (Å²) in [7, 11) is 0. The molecule has 5 heterocycles. The van der Waals surface area contributed by atoms with Gasteiger partial charge in [0.2, 0.25) is 5.95 Å². The van der Waals surface area contributed by atoms with Crippen LogP contribution < -0.4 is 10.6 Å². The fourth-order valence-electron chi connectivity index (χ4n) is 5.98. The Labute approximate surface area is 232 Å². The SMILES string of the molecule is CCNc1nc(Nc2ccc3c(c2)c(C#N)cn3C2CCN(C3CN(C[C@@H](C)O)C3)CC2)nn2c(C#N)cnc12. The van der Waals surface area contributed by atoms with Crippen molar-refractivity contribution >= 4 is 34.0 Å². The van der Waals surface area contributed by atoms with E-state index in [-0.39, 0.29) is 6.10 Å². The highest BCUT2D eigenvalue weighted by molar-refractivity contribution is 5.90. The molecule has 0 saturated carbocycles. The summed E-state index contributed by atoms with van der Waals surface area (Å²) in [5, 5.41) is 40.8. The third-order valence-electron chi connectivity index (χ3n) is 7.90. The lowest BCUT2D eigenvalue weighted by molar-refractivity contribution is -0.00462. The lowest BCUT2D eigenvalue weighted by Gasteiger charge is -2.48. The predicted octanol–water partition coefficient (Wildman–Crippen LogP) is 2.70. The number of aliphatic hydroxyl groups is 1. The third kappa shape index (κ3) is 4.82. The molecule has 3 N–H and O–H groups in total. The maximum absolute atomic E-state index is 9.93. The number of likely N-dealkylation sites (tertiary alicyclic amines) is 2. The number of aliphatic hydroxyl groups excluding tert-OH is 1. The first-order valence-electron chi connectivity index (χ1n) is 13.8. The van der Waals surface area contributed by atoms with Gasteiger partial charge in [-0.05, 0) is 44.9 Å². The molecule has 0 amide bonds. The van der Waals surface area contributed by atoms with Crippen molar-refractivity contribution in [1.82, 2.24) is 33.9 Å².